The highest BCUT2D eigenvalue weighted by Crippen LogP contribution is 2.41. The van der Waals surface area contributed by atoms with Crippen molar-refractivity contribution in [3.05, 3.63) is 53.7 Å². The van der Waals surface area contributed by atoms with E-state index in [1.165, 1.54) is 24.8 Å². The molecule has 2 aliphatic carbocycles. The van der Waals surface area contributed by atoms with Crippen LogP contribution in [-0.2, 0) is 0 Å². The summed E-state index contributed by atoms with van der Waals surface area (Å²) in [7, 11) is 0. The molecule has 5 heteroatoms. The molecule has 1 aromatic heterocycles. The first kappa shape index (κ1) is 17.0. The largest absolute Gasteiger partial charge is 0.340 e. The molecule has 4 N–H and O–H groups in total. The number of aromatic nitrogens is 1. The summed E-state index contributed by atoms with van der Waals surface area (Å²) < 4.78 is 0. The zero-order chi connectivity index (χ0) is 17.9. The van der Waals surface area contributed by atoms with Crippen LogP contribution in [0.1, 0.15) is 49.1 Å². The van der Waals surface area contributed by atoms with Crippen LogP contribution >= 0.6 is 0 Å². The Balaban J connectivity index is 1.32. The van der Waals surface area contributed by atoms with Gasteiger partial charge in [0.25, 0.3) is 0 Å². The van der Waals surface area contributed by atoms with Crippen molar-refractivity contribution < 1.29 is 0 Å². The minimum Gasteiger partial charge on any atom is -0.340 e. The second kappa shape index (κ2) is 7.45. The summed E-state index contributed by atoms with van der Waals surface area (Å²) in [6, 6.07) is 15.4. The summed E-state index contributed by atoms with van der Waals surface area (Å²) in [6.45, 7) is 0. The van der Waals surface area contributed by atoms with Gasteiger partial charge in [0.05, 0.1) is 11.6 Å². The molecule has 0 saturated heterocycles. The van der Waals surface area contributed by atoms with Crippen LogP contribution in [0.15, 0.2) is 42.6 Å². The molecule has 0 unspecified atom stereocenters. The Kier molecular flexibility index (Phi) is 4.87. The van der Waals surface area contributed by atoms with Crippen LogP contribution in [0.4, 0.5) is 11.5 Å². The first-order chi connectivity index (χ1) is 12.7. The second-order valence-electron chi connectivity index (χ2n) is 7.52. The number of benzene rings is 1. The summed E-state index contributed by atoms with van der Waals surface area (Å²) in [5, 5.41) is 16.0. The van der Waals surface area contributed by atoms with Crippen molar-refractivity contribution in [2.24, 2.45) is 5.73 Å². The van der Waals surface area contributed by atoms with Crippen molar-refractivity contribution in [1.29, 1.82) is 5.26 Å². The number of hydrogen-bond acceptors (Lipinski definition) is 5. The van der Waals surface area contributed by atoms with Crippen LogP contribution in [0, 0.1) is 11.3 Å². The topological polar surface area (TPSA) is 86.8 Å². The monoisotopic (exact) mass is 347 g/mol. The standard InChI is InChI=1S/C21H25N5/c22-12-14-2-1-3-18(10-14)26-21-9-4-15(13-24-21)19-11-20(19)25-17-7-5-16(23)6-8-17/h1-4,9-10,13,16-17,19-20,25H,5-8,11,23H2,(H,24,26)/t16?,17?,19-,20+/m0/s1. The highest BCUT2D eigenvalue weighted by Gasteiger charge is 2.39. The lowest BCUT2D eigenvalue weighted by Gasteiger charge is -2.27. The number of anilines is 2. The van der Waals surface area contributed by atoms with Gasteiger partial charge in [-0.2, -0.15) is 5.26 Å². The van der Waals surface area contributed by atoms with Gasteiger partial charge >= 0.3 is 0 Å². The first-order valence-electron chi connectivity index (χ1n) is 9.46. The van der Waals surface area contributed by atoms with Gasteiger partial charge in [-0.15, -0.1) is 0 Å². The molecule has 2 saturated carbocycles. The third kappa shape index (κ3) is 4.04. The zero-order valence-electron chi connectivity index (χ0n) is 14.9. The highest BCUT2D eigenvalue weighted by molar-refractivity contribution is 5.58. The van der Waals surface area contributed by atoms with Crippen LogP contribution in [0.3, 0.4) is 0 Å². The molecule has 1 aromatic carbocycles. The van der Waals surface area contributed by atoms with Crippen molar-refractivity contribution in [3.8, 4) is 6.07 Å². The van der Waals surface area contributed by atoms with Gasteiger partial charge in [-0.05, 0) is 61.9 Å². The summed E-state index contributed by atoms with van der Waals surface area (Å²) in [6.07, 6.45) is 7.86. The summed E-state index contributed by atoms with van der Waals surface area (Å²) in [5.41, 5.74) is 8.81. The van der Waals surface area contributed by atoms with Crippen LogP contribution < -0.4 is 16.4 Å². The molecule has 1 heterocycles. The lowest BCUT2D eigenvalue weighted by molar-refractivity contribution is 0.339. The van der Waals surface area contributed by atoms with Crippen LogP contribution in [0.2, 0.25) is 0 Å². The average Bonchev–Trinajstić information content (AvgIpc) is 3.43. The molecule has 2 aliphatic rings. The van der Waals surface area contributed by atoms with Gasteiger partial charge in [-0.25, -0.2) is 4.98 Å². The van der Waals surface area contributed by atoms with Gasteiger partial charge < -0.3 is 16.4 Å². The molecule has 4 rings (SSSR count). The average molecular weight is 347 g/mol. The molecule has 134 valence electrons. The predicted molar refractivity (Wildman–Crippen MR) is 103 cm³/mol. The Morgan fingerprint density at radius 1 is 1.12 bits per heavy atom. The molecule has 0 amide bonds. The van der Waals surface area contributed by atoms with Crippen molar-refractivity contribution in [2.75, 3.05) is 5.32 Å². The van der Waals surface area contributed by atoms with E-state index in [2.05, 4.69) is 27.8 Å². The number of nitrogens with two attached hydrogens (primary N) is 1. The van der Waals surface area contributed by atoms with E-state index in [1.54, 1.807) is 6.07 Å². The maximum absolute atomic E-state index is 8.98. The molecular formula is C21H25N5. The number of nitrogens with zero attached hydrogens (tertiary/aromatic N) is 2. The SMILES string of the molecule is N#Cc1cccc(Nc2ccc([C@@H]3C[C@H]3NC3CCC(N)CC3)cn2)c1. The van der Waals surface area contributed by atoms with Crippen LogP contribution in [-0.4, -0.2) is 23.1 Å². The molecule has 0 bridgehead atoms. The van der Waals surface area contributed by atoms with E-state index in [4.69, 9.17) is 11.0 Å². The van der Waals surface area contributed by atoms with Gasteiger partial charge in [0.2, 0.25) is 0 Å². The van der Waals surface area contributed by atoms with Crippen molar-refractivity contribution in [3.63, 3.8) is 0 Å². The van der Waals surface area contributed by atoms with Crippen molar-refractivity contribution in [1.82, 2.24) is 10.3 Å². The van der Waals surface area contributed by atoms with E-state index in [0.717, 1.165) is 24.3 Å². The Morgan fingerprint density at radius 3 is 2.69 bits per heavy atom. The van der Waals surface area contributed by atoms with Gasteiger partial charge in [-0.1, -0.05) is 12.1 Å². The van der Waals surface area contributed by atoms with Crippen molar-refractivity contribution >= 4 is 11.5 Å². The van der Waals surface area contributed by atoms with Gasteiger partial charge in [0, 0.05) is 35.9 Å². The van der Waals surface area contributed by atoms with E-state index >= 15 is 0 Å². The Bertz CT molecular complexity index is 787. The number of hydrogen-bond donors (Lipinski definition) is 3. The Morgan fingerprint density at radius 2 is 1.96 bits per heavy atom. The molecule has 2 aromatic rings. The zero-order valence-corrected chi connectivity index (χ0v) is 14.9. The van der Waals surface area contributed by atoms with E-state index in [1.807, 2.05) is 30.5 Å². The van der Waals surface area contributed by atoms with Gasteiger partial charge in [-0.3, -0.25) is 0 Å². The molecule has 0 radical (unpaired) electrons. The van der Waals surface area contributed by atoms with Crippen molar-refractivity contribution in [2.45, 2.75) is 56.1 Å². The summed E-state index contributed by atoms with van der Waals surface area (Å²) >= 11 is 0. The maximum Gasteiger partial charge on any atom is 0.130 e. The smallest absolute Gasteiger partial charge is 0.130 e. The molecule has 26 heavy (non-hydrogen) atoms. The number of rotatable bonds is 5. The van der Waals surface area contributed by atoms with E-state index < -0.39 is 0 Å². The maximum atomic E-state index is 8.98. The van der Waals surface area contributed by atoms with Gasteiger partial charge in [0.1, 0.15) is 5.82 Å². The Labute approximate surface area is 154 Å². The minimum absolute atomic E-state index is 0.404. The fourth-order valence-corrected chi connectivity index (χ4v) is 3.85. The number of nitriles is 1. The van der Waals surface area contributed by atoms with Crippen LogP contribution in [0.5, 0.6) is 0 Å². The predicted octanol–water partition coefficient (Wildman–Crippen LogP) is 3.41. The summed E-state index contributed by atoms with van der Waals surface area (Å²) in [5.74, 6) is 1.38. The quantitative estimate of drug-likeness (QED) is 0.771. The minimum atomic E-state index is 0.404. The molecule has 2 fully saturated rings. The fraction of sp³-hybridized carbons (Fsp3) is 0.429. The molecule has 2 atom stereocenters. The lowest BCUT2D eigenvalue weighted by Crippen LogP contribution is -2.38. The van der Waals surface area contributed by atoms with E-state index in [9.17, 15) is 0 Å². The Hall–Kier alpha value is -2.42. The second-order valence-corrected chi connectivity index (χ2v) is 7.52. The molecular weight excluding hydrogens is 322 g/mol. The van der Waals surface area contributed by atoms with Gasteiger partial charge in [0.15, 0.2) is 0 Å². The molecule has 5 nitrogen and oxygen atoms in total. The van der Waals surface area contributed by atoms with E-state index in [-0.39, 0.29) is 0 Å². The third-order valence-corrected chi connectivity index (χ3v) is 5.49. The molecule has 0 spiro atoms. The number of pyridine rings is 1. The normalized spacial score (nSPS) is 27.5. The lowest BCUT2D eigenvalue weighted by atomic mass is 9.92. The molecule has 0 aliphatic heterocycles. The highest BCUT2D eigenvalue weighted by atomic mass is 15.0. The fourth-order valence-electron chi connectivity index (χ4n) is 3.85. The summed E-state index contributed by atoms with van der Waals surface area (Å²) in [4.78, 5) is 4.54. The van der Waals surface area contributed by atoms with Crippen LogP contribution in [0.25, 0.3) is 0 Å². The third-order valence-electron chi connectivity index (χ3n) is 5.49. The number of nitrogens with one attached hydrogen (secondary N) is 2. The first-order valence-corrected chi connectivity index (χ1v) is 9.46. The van der Waals surface area contributed by atoms with E-state index in [0.29, 0.717) is 29.6 Å².